The van der Waals surface area contributed by atoms with Gasteiger partial charge in [-0.15, -0.1) is 0 Å². The molecule has 0 amide bonds. The minimum Gasteiger partial charge on any atom is -0.394 e. The van der Waals surface area contributed by atoms with Gasteiger partial charge in [-0.25, -0.2) is 4.98 Å². The van der Waals surface area contributed by atoms with Crippen LogP contribution in [0.15, 0.2) is 6.07 Å². The van der Waals surface area contributed by atoms with Crippen molar-refractivity contribution in [2.75, 3.05) is 30.4 Å². The highest BCUT2D eigenvalue weighted by molar-refractivity contribution is 5.46. The molecule has 0 fully saturated rings. The molecule has 1 aromatic heterocycles. The molecule has 18 heavy (non-hydrogen) atoms. The van der Waals surface area contributed by atoms with Gasteiger partial charge in [0.15, 0.2) is 0 Å². The molecule has 0 bridgehead atoms. The summed E-state index contributed by atoms with van der Waals surface area (Å²) in [5, 5.41) is 12.6. The normalized spacial score (nSPS) is 11.4. The third-order valence-electron chi connectivity index (χ3n) is 3.01. The van der Waals surface area contributed by atoms with Crippen LogP contribution in [0.3, 0.4) is 0 Å². The largest absolute Gasteiger partial charge is 0.394 e. The van der Waals surface area contributed by atoms with Gasteiger partial charge in [-0.3, -0.25) is 0 Å². The Morgan fingerprint density at radius 2 is 2.06 bits per heavy atom. The Balaban J connectivity index is 2.98. The van der Waals surface area contributed by atoms with Crippen LogP contribution >= 0.6 is 0 Å². The van der Waals surface area contributed by atoms with Gasteiger partial charge in [-0.1, -0.05) is 6.92 Å². The van der Waals surface area contributed by atoms with Crippen LogP contribution in [0.2, 0.25) is 0 Å². The lowest BCUT2D eigenvalue weighted by Gasteiger charge is -2.35. The van der Waals surface area contributed by atoms with E-state index in [1.165, 1.54) is 0 Å². The zero-order valence-corrected chi connectivity index (χ0v) is 12.0. The molecule has 1 heterocycles. The van der Waals surface area contributed by atoms with E-state index in [2.05, 4.69) is 22.2 Å². The number of hydrogen-bond donors (Lipinski definition) is 2. The summed E-state index contributed by atoms with van der Waals surface area (Å²) in [5.74, 6) is 1.47. The van der Waals surface area contributed by atoms with Crippen LogP contribution in [0.4, 0.5) is 11.8 Å². The third kappa shape index (κ3) is 3.57. The summed E-state index contributed by atoms with van der Waals surface area (Å²) in [6.07, 6.45) is 1.03. The van der Waals surface area contributed by atoms with Crippen molar-refractivity contribution in [2.45, 2.75) is 39.7 Å². The maximum atomic E-state index is 9.41. The summed E-state index contributed by atoms with van der Waals surface area (Å²) in [5.41, 5.74) is 0.571. The van der Waals surface area contributed by atoms with Crippen LogP contribution in [0.1, 0.15) is 32.9 Å². The molecule has 0 aliphatic heterocycles. The molecule has 0 aromatic carbocycles. The SMILES string of the molecule is CCCNc1nc(C)cc(N(C)C(C)(C)CO)n1. The molecule has 102 valence electrons. The smallest absolute Gasteiger partial charge is 0.224 e. The van der Waals surface area contributed by atoms with Gasteiger partial charge in [-0.2, -0.15) is 4.98 Å². The summed E-state index contributed by atoms with van der Waals surface area (Å²) in [6.45, 7) is 8.93. The second kappa shape index (κ2) is 6.00. The van der Waals surface area contributed by atoms with Crippen LogP contribution in [0.5, 0.6) is 0 Å². The Labute approximate surface area is 109 Å². The van der Waals surface area contributed by atoms with E-state index < -0.39 is 0 Å². The fourth-order valence-corrected chi connectivity index (χ4v) is 1.46. The van der Waals surface area contributed by atoms with E-state index in [0.717, 1.165) is 24.5 Å². The number of nitrogens with zero attached hydrogens (tertiary/aromatic N) is 3. The molecular formula is C13H24N4O. The maximum Gasteiger partial charge on any atom is 0.224 e. The van der Waals surface area contributed by atoms with Gasteiger partial charge >= 0.3 is 0 Å². The fourth-order valence-electron chi connectivity index (χ4n) is 1.46. The second-order valence-electron chi connectivity index (χ2n) is 5.15. The summed E-state index contributed by atoms with van der Waals surface area (Å²) in [4.78, 5) is 10.8. The second-order valence-corrected chi connectivity index (χ2v) is 5.15. The van der Waals surface area contributed by atoms with E-state index in [-0.39, 0.29) is 12.1 Å². The number of anilines is 2. The molecular weight excluding hydrogens is 228 g/mol. The minimum absolute atomic E-state index is 0.0737. The van der Waals surface area contributed by atoms with Gasteiger partial charge < -0.3 is 15.3 Å². The van der Waals surface area contributed by atoms with Crippen LogP contribution in [0, 0.1) is 6.92 Å². The van der Waals surface area contributed by atoms with Crippen LogP contribution < -0.4 is 10.2 Å². The fraction of sp³-hybridized carbons (Fsp3) is 0.692. The summed E-state index contributed by atoms with van der Waals surface area (Å²) in [6, 6.07) is 1.93. The van der Waals surface area contributed by atoms with Crippen molar-refractivity contribution in [2.24, 2.45) is 0 Å². The van der Waals surface area contributed by atoms with Crippen molar-refractivity contribution >= 4 is 11.8 Å². The molecule has 0 radical (unpaired) electrons. The number of likely N-dealkylation sites (N-methyl/N-ethyl adjacent to an activating group) is 1. The van der Waals surface area contributed by atoms with Gasteiger partial charge in [-0.05, 0) is 27.2 Å². The Kier molecular flexibility index (Phi) is 4.90. The van der Waals surface area contributed by atoms with Crippen molar-refractivity contribution in [1.82, 2.24) is 9.97 Å². The van der Waals surface area contributed by atoms with Gasteiger partial charge in [0.1, 0.15) is 5.82 Å². The standard InChI is InChI=1S/C13H24N4O/c1-6-7-14-12-15-10(2)8-11(16-12)17(5)13(3,4)9-18/h8,18H,6-7,9H2,1-5H3,(H,14,15,16). The first-order chi connectivity index (χ1) is 8.40. The Bertz CT molecular complexity index is 393. The molecule has 0 aliphatic carbocycles. The van der Waals surface area contributed by atoms with Gasteiger partial charge in [0.25, 0.3) is 0 Å². The van der Waals surface area contributed by atoms with Crippen molar-refractivity contribution in [1.29, 1.82) is 0 Å². The molecule has 0 spiro atoms. The van der Waals surface area contributed by atoms with Crippen LogP contribution in [0.25, 0.3) is 0 Å². The Morgan fingerprint density at radius 1 is 1.39 bits per heavy atom. The number of rotatable bonds is 6. The van der Waals surface area contributed by atoms with Gasteiger partial charge in [0, 0.05) is 25.4 Å². The van der Waals surface area contributed by atoms with E-state index >= 15 is 0 Å². The van der Waals surface area contributed by atoms with Gasteiger partial charge in [0.2, 0.25) is 5.95 Å². The molecule has 0 unspecified atom stereocenters. The number of hydrogen-bond acceptors (Lipinski definition) is 5. The molecule has 2 N–H and O–H groups in total. The molecule has 0 saturated heterocycles. The first-order valence-corrected chi connectivity index (χ1v) is 6.35. The lowest BCUT2D eigenvalue weighted by molar-refractivity contribution is 0.215. The molecule has 1 rings (SSSR count). The summed E-state index contributed by atoms with van der Waals surface area (Å²) >= 11 is 0. The monoisotopic (exact) mass is 252 g/mol. The predicted molar refractivity (Wildman–Crippen MR) is 75.1 cm³/mol. The van der Waals surface area contributed by atoms with E-state index in [0.29, 0.717) is 5.95 Å². The lowest BCUT2D eigenvalue weighted by Crippen LogP contribution is -2.45. The van der Waals surface area contributed by atoms with Crippen LogP contribution in [-0.4, -0.2) is 40.8 Å². The van der Waals surface area contributed by atoms with Crippen molar-refractivity contribution in [3.8, 4) is 0 Å². The molecule has 0 saturated carbocycles. The summed E-state index contributed by atoms with van der Waals surface area (Å²) < 4.78 is 0. The molecule has 0 aliphatic rings. The van der Waals surface area contributed by atoms with E-state index in [4.69, 9.17) is 0 Å². The van der Waals surface area contributed by atoms with Crippen molar-refractivity contribution < 1.29 is 5.11 Å². The Morgan fingerprint density at radius 3 is 2.61 bits per heavy atom. The maximum absolute atomic E-state index is 9.41. The van der Waals surface area contributed by atoms with E-state index in [1.807, 2.05) is 38.8 Å². The topological polar surface area (TPSA) is 61.3 Å². The Hall–Kier alpha value is -1.36. The number of aromatic nitrogens is 2. The number of aliphatic hydroxyl groups excluding tert-OH is 1. The lowest BCUT2D eigenvalue weighted by atomic mass is 10.1. The zero-order chi connectivity index (χ0) is 13.8. The summed E-state index contributed by atoms with van der Waals surface area (Å²) in [7, 11) is 1.93. The first kappa shape index (κ1) is 14.7. The van der Waals surface area contributed by atoms with Gasteiger partial charge in [0.05, 0.1) is 12.1 Å². The van der Waals surface area contributed by atoms with E-state index in [1.54, 1.807) is 0 Å². The van der Waals surface area contributed by atoms with Crippen molar-refractivity contribution in [3.63, 3.8) is 0 Å². The highest BCUT2D eigenvalue weighted by Gasteiger charge is 2.24. The quantitative estimate of drug-likeness (QED) is 0.808. The number of aryl methyl sites for hydroxylation is 1. The minimum atomic E-state index is -0.344. The molecule has 5 nitrogen and oxygen atoms in total. The number of aliphatic hydroxyl groups is 1. The van der Waals surface area contributed by atoms with Crippen LogP contribution in [-0.2, 0) is 0 Å². The third-order valence-corrected chi connectivity index (χ3v) is 3.01. The average molecular weight is 252 g/mol. The molecule has 0 atom stereocenters. The van der Waals surface area contributed by atoms with Crippen molar-refractivity contribution in [3.05, 3.63) is 11.8 Å². The molecule has 5 heteroatoms. The molecule has 1 aromatic rings. The first-order valence-electron chi connectivity index (χ1n) is 6.35. The predicted octanol–water partition coefficient (Wildman–Crippen LogP) is 1.81. The number of nitrogens with one attached hydrogen (secondary N) is 1. The highest BCUT2D eigenvalue weighted by atomic mass is 16.3. The van der Waals surface area contributed by atoms with E-state index in [9.17, 15) is 5.11 Å². The zero-order valence-electron chi connectivity index (χ0n) is 12.0. The average Bonchev–Trinajstić information content (AvgIpc) is 2.34. The highest BCUT2D eigenvalue weighted by Crippen LogP contribution is 2.21.